The molecule has 1 aliphatic heterocycles. The van der Waals surface area contributed by atoms with E-state index in [4.69, 9.17) is 27.9 Å². The van der Waals surface area contributed by atoms with Crippen LogP contribution in [0.1, 0.15) is 11.6 Å². The standard InChI is InChI=1S/C11H10Cl2N4O/c1-18-9-4-2-8(3-5-9)10-11(12,13)17(10)16-6-14-15-7-16/h2-7,10H,1H3/t10-,17?/m1/s1. The van der Waals surface area contributed by atoms with Crippen molar-refractivity contribution in [3.8, 4) is 5.75 Å². The van der Waals surface area contributed by atoms with Gasteiger partial charge in [0.2, 0.25) is 4.46 Å². The molecule has 18 heavy (non-hydrogen) atoms. The maximum atomic E-state index is 6.26. The molecule has 2 aromatic rings. The number of alkyl halides is 2. The van der Waals surface area contributed by atoms with Gasteiger partial charge in [0, 0.05) is 0 Å². The lowest BCUT2D eigenvalue weighted by Crippen LogP contribution is -2.15. The van der Waals surface area contributed by atoms with Gasteiger partial charge in [-0.2, -0.15) is 0 Å². The van der Waals surface area contributed by atoms with Gasteiger partial charge in [0.15, 0.2) is 0 Å². The molecule has 0 spiro atoms. The highest BCUT2D eigenvalue weighted by Crippen LogP contribution is 2.57. The maximum absolute atomic E-state index is 6.26. The Kier molecular flexibility index (Phi) is 2.60. The zero-order valence-electron chi connectivity index (χ0n) is 9.49. The molecule has 2 heterocycles. The summed E-state index contributed by atoms with van der Waals surface area (Å²) in [4.78, 5) is 0. The van der Waals surface area contributed by atoms with Crippen molar-refractivity contribution < 1.29 is 4.74 Å². The van der Waals surface area contributed by atoms with Crippen LogP contribution in [-0.4, -0.2) is 26.4 Å². The van der Waals surface area contributed by atoms with Crippen LogP contribution in [0.3, 0.4) is 0 Å². The molecule has 1 aromatic heterocycles. The molecular weight excluding hydrogens is 275 g/mol. The molecule has 1 atom stereocenters. The lowest BCUT2D eigenvalue weighted by molar-refractivity contribution is 0.414. The summed E-state index contributed by atoms with van der Waals surface area (Å²) in [5.41, 5.74) is 1.01. The number of hydrogen-bond acceptors (Lipinski definition) is 4. The van der Waals surface area contributed by atoms with Gasteiger partial charge in [0.05, 0.1) is 7.11 Å². The highest BCUT2D eigenvalue weighted by molar-refractivity contribution is 6.52. The summed E-state index contributed by atoms with van der Waals surface area (Å²) >= 11 is 12.5. The lowest BCUT2D eigenvalue weighted by Gasteiger charge is -2.05. The van der Waals surface area contributed by atoms with Gasteiger partial charge in [-0.15, -0.1) is 10.2 Å². The molecule has 0 N–H and O–H groups in total. The number of rotatable bonds is 3. The summed E-state index contributed by atoms with van der Waals surface area (Å²) in [6.07, 6.45) is 3.12. The average Bonchev–Trinajstić information content (AvgIpc) is 2.78. The zero-order chi connectivity index (χ0) is 12.8. The Hall–Kier alpha value is -1.46. The molecule has 7 heteroatoms. The van der Waals surface area contributed by atoms with E-state index < -0.39 is 4.46 Å². The summed E-state index contributed by atoms with van der Waals surface area (Å²) < 4.78 is 5.82. The van der Waals surface area contributed by atoms with Gasteiger partial charge in [-0.1, -0.05) is 35.3 Å². The van der Waals surface area contributed by atoms with E-state index in [1.54, 1.807) is 29.4 Å². The Morgan fingerprint density at radius 1 is 1.17 bits per heavy atom. The minimum atomic E-state index is -0.975. The monoisotopic (exact) mass is 284 g/mol. The average molecular weight is 285 g/mol. The number of methoxy groups -OCH3 is 1. The second-order valence-electron chi connectivity index (χ2n) is 3.95. The van der Waals surface area contributed by atoms with Crippen LogP contribution < -0.4 is 9.75 Å². The molecule has 3 rings (SSSR count). The van der Waals surface area contributed by atoms with Crippen LogP contribution in [0.5, 0.6) is 5.75 Å². The third-order valence-electron chi connectivity index (χ3n) is 2.90. The van der Waals surface area contributed by atoms with E-state index in [0.29, 0.717) is 0 Å². The van der Waals surface area contributed by atoms with Gasteiger partial charge in [0.1, 0.15) is 24.4 Å². The number of halogens is 2. The quantitative estimate of drug-likeness (QED) is 0.492. The Balaban J connectivity index is 1.88. The SMILES string of the molecule is COc1ccc([C@H]2N(n3cnnc3)C2(Cl)Cl)cc1. The van der Waals surface area contributed by atoms with Gasteiger partial charge in [-0.25, -0.2) is 4.68 Å². The summed E-state index contributed by atoms with van der Waals surface area (Å²) in [6, 6.07) is 7.51. The molecule has 5 nitrogen and oxygen atoms in total. The van der Waals surface area contributed by atoms with E-state index in [1.165, 1.54) is 0 Å². The van der Waals surface area contributed by atoms with Crippen LogP contribution in [0.15, 0.2) is 36.9 Å². The molecule has 1 aromatic carbocycles. The van der Waals surface area contributed by atoms with Gasteiger partial charge in [0.25, 0.3) is 0 Å². The molecule has 0 unspecified atom stereocenters. The van der Waals surface area contributed by atoms with Crippen molar-refractivity contribution in [2.24, 2.45) is 0 Å². The molecular formula is C11H10Cl2N4O. The van der Waals surface area contributed by atoms with Crippen molar-refractivity contribution in [2.75, 3.05) is 12.1 Å². The normalized spacial score (nSPS) is 20.8. The first-order valence-corrected chi connectivity index (χ1v) is 6.06. The number of ether oxygens (including phenoxy) is 1. The largest absolute Gasteiger partial charge is 0.497 e. The molecule has 1 saturated heterocycles. The predicted molar refractivity (Wildman–Crippen MR) is 68.4 cm³/mol. The van der Waals surface area contributed by atoms with E-state index in [0.717, 1.165) is 11.3 Å². The highest BCUT2D eigenvalue weighted by atomic mass is 35.5. The van der Waals surface area contributed by atoms with E-state index in [2.05, 4.69) is 10.2 Å². The third-order valence-corrected chi connectivity index (χ3v) is 3.66. The van der Waals surface area contributed by atoms with Crippen LogP contribution in [-0.2, 0) is 0 Å². The van der Waals surface area contributed by atoms with Crippen molar-refractivity contribution in [1.29, 1.82) is 0 Å². The topological polar surface area (TPSA) is 43.0 Å². The summed E-state index contributed by atoms with van der Waals surface area (Å²) in [5.74, 6) is 0.796. The fourth-order valence-corrected chi connectivity index (χ4v) is 2.66. The molecule has 94 valence electrons. The highest BCUT2D eigenvalue weighted by Gasteiger charge is 2.63. The van der Waals surface area contributed by atoms with E-state index in [-0.39, 0.29) is 6.04 Å². The summed E-state index contributed by atoms with van der Waals surface area (Å²) in [5, 5.41) is 9.25. The van der Waals surface area contributed by atoms with Crippen LogP contribution in [0.4, 0.5) is 0 Å². The Morgan fingerprint density at radius 3 is 2.33 bits per heavy atom. The first kappa shape index (κ1) is 11.6. The zero-order valence-corrected chi connectivity index (χ0v) is 11.0. The summed E-state index contributed by atoms with van der Waals surface area (Å²) in [7, 11) is 1.63. The Bertz CT molecular complexity index is 541. The lowest BCUT2D eigenvalue weighted by atomic mass is 10.1. The summed E-state index contributed by atoms with van der Waals surface area (Å²) in [6.45, 7) is 0. The third kappa shape index (κ3) is 1.71. The minimum absolute atomic E-state index is 0.122. The van der Waals surface area contributed by atoms with E-state index in [1.807, 2.05) is 24.3 Å². The van der Waals surface area contributed by atoms with E-state index in [9.17, 15) is 0 Å². The predicted octanol–water partition coefficient (Wildman–Crippen LogP) is 2.11. The molecule has 0 saturated carbocycles. The van der Waals surface area contributed by atoms with Crippen molar-refractivity contribution >= 4 is 23.2 Å². The Labute approximate surface area is 114 Å². The number of nitrogens with zero attached hydrogens (tertiary/aromatic N) is 4. The molecule has 0 bridgehead atoms. The molecule has 0 amide bonds. The molecule has 0 radical (unpaired) electrons. The fourth-order valence-electron chi connectivity index (χ4n) is 1.95. The van der Waals surface area contributed by atoms with Gasteiger partial charge >= 0.3 is 0 Å². The fraction of sp³-hybridized carbons (Fsp3) is 0.273. The first-order valence-electron chi connectivity index (χ1n) is 5.30. The van der Waals surface area contributed by atoms with Gasteiger partial charge < -0.3 is 4.74 Å². The number of aromatic nitrogens is 3. The molecule has 0 aliphatic carbocycles. The number of benzene rings is 1. The van der Waals surface area contributed by atoms with Crippen molar-refractivity contribution in [3.05, 3.63) is 42.5 Å². The van der Waals surface area contributed by atoms with Crippen LogP contribution in [0, 0.1) is 0 Å². The van der Waals surface area contributed by atoms with Crippen LogP contribution in [0.25, 0.3) is 0 Å². The first-order chi connectivity index (χ1) is 8.64. The van der Waals surface area contributed by atoms with Crippen molar-refractivity contribution in [2.45, 2.75) is 10.5 Å². The molecule has 1 aliphatic rings. The van der Waals surface area contributed by atoms with Gasteiger partial charge in [-0.3, -0.25) is 5.01 Å². The van der Waals surface area contributed by atoms with Crippen molar-refractivity contribution in [1.82, 2.24) is 14.9 Å². The second-order valence-corrected chi connectivity index (χ2v) is 5.30. The second kappa shape index (κ2) is 4.03. The van der Waals surface area contributed by atoms with Gasteiger partial charge in [-0.05, 0) is 17.7 Å². The number of hydrogen-bond donors (Lipinski definition) is 0. The van der Waals surface area contributed by atoms with E-state index >= 15 is 0 Å². The van der Waals surface area contributed by atoms with Crippen LogP contribution in [0.2, 0.25) is 0 Å². The maximum Gasteiger partial charge on any atom is 0.230 e. The Morgan fingerprint density at radius 2 is 1.78 bits per heavy atom. The molecule has 1 fully saturated rings. The van der Waals surface area contributed by atoms with Crippen LogP contribution >= 0.6 is 23.2 Å². The minimum Gasteiger partial charge on any atom is -0.497 e. The van der Waals surface area contributed by atoms with Crippen molar-refractivity contribution in [3.63, 3.8) is 0 Å². The smallest absolute Gasteiger partial charge is 0.230 e.